The molecular formula is C17H26ClN3. The van der Waals surface area contributed by atoms with Gasteiger partial charge in [-0.25, -0.2) is 0 Å². The molecule has 0 spiro atoms. The van der Waals surface area contributed by atoms with Crippen molar-refractivity contribution < 1.29 is 0 Å². The molecule has 2 saturated heterocycles. The van der Waals surface area contributed by atoms with Crippen molar-refractivity contribution >= 4 is 17.3 Å². The molecule has 0 aromatic heterocycles. The van der Waals surface area contributed by atoms with Crippen LogP contribution in [0.1, 0.15) is 19.3 Å². The number of para-hydroxylation sites is 1. The molecule has 1 N–H and O–H groups in total. The molecule has 0 radical (unpaired) electrons. The van der Waals surface area contributed by atoms with E-state index in [0.717, 1.165) is 37.1 Å². The molecule has 0 amide bonds. The first kappa shape index (κ1) is 15.1. The van der Waals surface area contributed by atoms with E-state index in [0.29, 0.717) is 0 Å². The fourth-order valence-electron chi connectivity index (χ4n) is 3.46. The molecule has 0 saturated carbocycles. The van der Waals surface area contributed by atoms with Crippen LogP contribution in [0.3, 0.4) is 0 Å². The summed E-state index contributed by atoms with van der Waals surface area (Å²) < 4.78 is 0. The molecule has 1 unspecified atom stereocenters. The summed E-state index contributed by atoms with van der Waals surface area (Å²) in [6.45, 7) is 8.19. The molecule has 0 bridgehead atoms. The van der Waals surface area contributed by atoms with Crippen molar-refractivity contribution in [3.8, 4) is 0 Å². The average Bonchev–Trinajstić information content (AvgIpc) is 2.55. The molecular weight excluding hydrogens is 282 g/mol. The van der Waals surface area contributed by atoms with Gasteiger partial charge < -0.3 is 10.2 Å². The SMILES string of the molecule is Clc1ccccc1N1CCN(CCC2CCCNC2)CC1. The molecule has 4 heteroatoms. The van der Waals surface area contributed by atoms with Crippen LogP contribution in [0, 0.1) is 5.92 Å². The molecule has 3 nitrogen and oxygen atoms in total. The number of piperidine rings is 1. The van der Waals surface area contributed by atoms with Crippen LogP contribution < -0.4 is 10.2 Å². The highest BCUT2D eigenvalue weighted by Gasteiger charge is 2.20. The first-order chi connectivity index (χ1) is 10.3. The fraction of sp³-hybridized carbons (Fsp3) is 0.647. The highest BCUT2D eigenvalue weighted by Crippen LogP contribution is 2.26. The Morgan fingerprint density at radius 2 is 1.95 bits per heavy atom. The smallest absolute Gasteiger partial charge is 0.0639 e. The number of nitrogens with one attached hydrogen (secondary N) is 1. The summed E-state index contributed by atoms with van der Waals surface area (Å²) in [6, 6.07) is 8.19. The Morgan fingerprint density at radius 1 is 1.14 bits per heavy atom. The van der Waals surface area contributed by atoms with Gasteiger partial charge in [0.05, 0.1) is 10.7 Å². The average molecular weight is 308 g/mol. The highest BCUT2D eigenvalue weighted by molar-refractivity contribution is 6.33. The van der Waals surface area contributed by atoms with Crippen molar-refractivity contribution in [2.45, 2.75) is 19.3 Å². The summed E-state index contributed by atoms with van der Waals surface area (Å²) in [5.74, 6) is 0.889. The number of benzene rings is 1. The lowest BCUT2D eigenvalue weighted by atomic mass is 9.96. The lowest BCUT2D eigenvalue weighted by molar-refractivity contribution is 0.226. The Morgan fingerprint density at radius 3 is 2.67 bits per heavy atom. The van der Waals surface area contributed by atoms with E-state index in [1.165, 1.54) is 44.6 Å². The topological polar surface area (TPSA) is 18.5 Å². The van der Waals surface area contributed by atoms with E-state index in [9.17, 15) is 0 Å². The third-order valence-corrected chi connectivity index (χ3v) is 5.14. The summed E-state index contributed by atoms with van der Waals surface area (Å²) in [4.78, 5) is 5.03. The number of nitrogens with zero attached hydrogens (tertiary/aromatic N) is 2. The quantitative estimate of drug-likeness (QED) is 0.923. The maximum absolute atomic E-state index is 6.29. The Bertz CT molecular complexity index is 437. The predicted octanol–water partition coefficient (Wildman–Crippen LogP) is 2.85. The monoisotopic (exact) mass is 307 g/mol. The summed E-state index contributed by atoms with van der Waals surface area (Å²) in [5, 5.41) is 4.39. The van der Waals surface area contributed by atoms with Crippen LogP contribution in [-0.4, -0.2) is 50.7 Å². The second-order valence-corrected chi connectivity index (χ2v) is 6.69. The van der Waals surface area contributed by atoms with Gasteiger partial charge in [0, 0.05) is 26.2 Å². The van der Waals surface area contributed by atoms with Gasteiger partial charge in [0.15, 0.2) is 0 Å². The normalized spacial score (nSPS) is 24.2. The van der Waals surface area contributed by atoms with Gasteiger partial charge in [-0.3, -0.25) is 4.90 Å². The van der Waals surface area contributed by atoms with Crippen molar-refractivity contribution in [2.75, 3.05) is 50.7 Å². The minimum absolute atomic E-state index is 0.874. The van der Waals surface area contributed by atoms with Crippen molar-refractivity contribution in [2.24, 2.45) is 5.92 Å². The molecule has 1 aromatic rings. The van der Waals surface area contributed by atoms with Crippen LogP contribution in [-0.2, 0) is 0 Å². The molecule has 1 aromatic carbocycles. The highest BCUT2D eigenvalue weighted by atomic mass is 35.5. The number of halogens is 1. The Hall–Kier alpha value is -0.770. The van der Waals surface area contributed by atoms with E-state index in [1.807, 2.05) is 12.1 Å². The Labute approximate surface area is 133 Å². The zero-order valence-electron chi connectivity index (χ0n) is 12.7. The van der Waals surface area contributed by atoms with E-state index < -0.39 is 0 Å². The van der Waals surface area contributed by atoms with Crippen LogP contribution in [0.2, 0.25) is 5.02 Å². The summed E-state index contributed by atoms with van der Waals surface area (Å²) in [5.41, 5.74) is 1.19. The Kier molecular flexibility index (Phi) is 5.39. The molecule has 2 fully saturated rings. The van der Waals surface area contributed by atoms with Crippen molar-refractivity contribution in [1.82, 2.24) is 10.2 Å². The lowest BCUT2D eigenvalue weighted by Crippen LogP contribution is -2.47. The van der Waals surface area contributed by atoms with Crippen LogP contribution >= 0.6 is 11.6 Å². The van der Waals surface area contributed by atoms with Gasteiger partial charge in [0.2, 0.25) is 0 Å². The third-order valence-electron chi connectivity index (χ3n) is 4.82. The third kappa shape index (κ3) is 4.12. The van der Waals surface area contributed by atoms with Crippen molar-refractivity contribution in [3.63, 3.8) is 0 Å². The van der Waals surface area contributed by atoms with E-state index in [4.69, 9.17) is 11.6 Å². The summed E-state index contributed by atoms with van der Waals surface area (Å²) in [7, 11) is 0. The van der Waals surface area contributed by atoms with E-state index in [1.54, 1.807) is 0 Å². The molecule has 0 aliphatic carbocycles. The molecule has 21 heavy (non-hydrogen) atoms. The lowest BCUT2D eigenvalue weighted by Gasteiger charge is -2.37. The maximum Gasteiger partial charge on any atom is 0.0639 e. The molecule has 3 rings (SSSR count). The second kappa shape index (κ2) is 7.48. The number of anilines is 1. The van der Waals surface area contributed by atoms with Crippen molar-refractivity contribution in [1.29, 1.82) is 0 Å². The minimum Gasteiger partial charge on any atom is -0.368 e. The van der Waals surface area contributed by atoms with Gasteiger partial charge in [-0.05, 0) is 56.9 Å². The second-order valence-electron chi connectivity index (χ2n) is 6.28. The van der Waals surface area contributed by atoms with Gasteiger partial charge in [0.1, 0.15) is 0 Å². The number of hydrogen-bond acceptors (Lipinski definition) is 3. The Balaban J connectivity index is 1.43. The maximum atomic E-state index is 6.29. The summed E-state index contributed by atoms with van der Waals surface area (Å²) in [6.07, 6.45) is 4.11. The standard InChI is InChI=1S/C17H26ClN3/c18-16-5-1-2-6-17(16)21-12-10-20(11-13-21)9-7-15-4-3-8-19-14-15/h1-2,5-6,15,19H,3-4,7-14H2. The van der Waals surface area contributed by atoms with Gasteiger partial charge in [-0.15, -0.1) is 0 Å². The van der Waals surface area contributed by atoms with Crippen LogP contribution in [0.15, 0.2) is 24.3 Å². The minimum atomic E-state index is 0.874. The molecule has 2 aliphatic rings. The molecule has 1 atom stereocenters. The largest absolute Gasteiger partial charge is 0.368 e. The van der Waals surface area contributed by atoms with Gasteiger partial charge in [-0.1, -0.05) is 23.7 Å². The molecule has 116 valence electrons. The number of piperazine rings is 1. The predicted molar refractivity (Wildman–Crippen MR) is 90.3 cm³/mol. The summed E-state index contributed by atoms with van der Waals surface area (Å²) >= 11 is 6.29. The van der Waals surface area contributed by atoms with Crippen LogP contribution in [0.5, 0.6) is 0 Å². The van der Waals surface area contributed by atoms with E-state index in [2.05, 4.69) is 27.2 Å². The van der Waals surface area contributed by atoms with Crippen LogP contribution in [0.25, 0.3) is 0 Å². The molecule has 2 aliphatic heterocycles. The fourth-order valence-corrected chi connectivity index (χ4v) is 3.71. The van der Waals surface area contributed by atoms with E-state index in [-0.39, 0.29) is 0 Å². The van der Waals surface area contributed by atoms with Gasteiger partial charge >= 0.3 is 0 Å². The zero-order chi connectivity index (χ0) is 14.5. The van der Waals surface area contributed by atoms with Gasteiger partial charge in [0.25, 0.3) is 0 Å². The molecule has 2 heterocycles. The van der Waals surface area contributed by atoms with E-state index >= 15 is 0 Å². The number of hydrogen-bond donors (Lipinski definition) is 1. The number of rotatable bonds is 4. The first-order valence-corrected chi connectivity index (χ1v) is 8.63. The van der Waals surface area contributed by atoms with Gasteiger partial charge in [-0.2, -0.15) is 0 Å². The van der Waals surface area contributed by atoms with Crippen LogP contribution in [0.4, 0.5) is 5.69 Å². The first-order valence-electron chi connectivity index (χ1n) is 8.25. The van der Waals surface area contributed by atoms with Crippen molar-refractivity contribution in [3.05, 3.63) is 29.3 Å². The zero-order valence-corrected chi connectivity index (χ0v) is 13.5.